The third kappa shape index (κ3) is 4.86. The average molecular weight is 276 g/mol. The fourth-order valence-electron chi connectivity index (χ4n) is 2.60. The van der Waals surface area contributed by atoms with Gasteiger partial charge < -0.3 is 5.73 Å². The number of hydrogen-bond donors (Lipinski definition) is 2. The molecule has 4 nitrogen and oxygen atoms in total. The predicted molar refractivity (Wildman–Crippen MR) is 75.8 cm³/mol. The van der Waals surface area contributed by atoms with E-state index in [1.54, 1.807) is 0 Å². The van der Waals surface area contributed by atoms with Crippen LogP contribution in [-0.4, -0.2) is 26.3 Å². The molecule has 0 aromatic heterocycles. The summed E-state index contributed by atoms with van der Waals surface area (Å²) in [6, 6.07) is 0. The summed E-state index contributed by atoms with van der Waals surface area (Å²) < 4.78 is 27.3. The summed E-state index contributed by atoms with van der Waals surface area (Å²) in [6.45, 7) is 8.41. The zero-order valence-corrected chi connectivity index (χ0v) is 12.9. The minimum atomic E-state index is -3.26. The molecule has 5 heteroatoms. The lowest BCUT2D eigenvalue weighted by Gasteiger charge is -2.39. The van der Waals surface area contributed by atoms with Gasteiger partial charge in [0.15, 0.2) is 0 Å². The Kier molecular flexibility index (Phi) is 4.84. The maximum absolute atomic E-state index is 12.2. The second-order valence-corrected chi connectivity index (χ2v) is 8.81. The van der Waals surface area contributed by atoms with Gasteiger partial charge in [-0.25, -0.2) is 13.1 Å². The first kappa shape index (κ1) is 15.9. The molecule has 0 radical (unpaired) electrons. The van der Waals surface area contributed by atoms with Crippen LogP contribution in [0.15, 0.2) is 0 Å². The molecule has 1 aliphatic rings. The van der Waals surface area contributed by atoms with Crippen molar-refractivity contribution in [1.82, 2.24) is 4.72 Å². The molecule has 18 heavy (non-hydrogen) atoms. The lowest BCUT2D eigenvalue weighted by Crippen LogP contribution is -2.56. The highest BCUT2D eigenvalue weighted by Crippen LogP contribution is 2.32. The molecule has 0 atom stereocenters. The molecule has 0 spiro atoms. The van der Waals surface area contributed by atoms with Crippen LogP contribution in [0.25, 0.3) is 0 Å². The van der Waals surface area contributed by atoms with E-state index in [2.05, 4.69) is 11.6 Å². The van der Waals surface area contributed by atoms with Gasteiger partial charge in [0.25, 0.3) is 0 Å². The van der Waals surface area contributed by atoms with Gasteiger partial charge in [0.1, 0.15) is 0 Å². The Hall–Kier alpha value is -0.130. The molecule has 1 saturated carbocycles. The SMILES string of the molecule is CC1CCC(CN)(NS(=O)(=O)CC(C)(C)C)CC1. The number of nitrogens with two attached hydrogens (primary N) is 1. The van der Waals surface area contributed by atoms with Gasteiger partial charge in [-0.05, 0) is 37.0 Å². The summed E-state index contributed by atoms with van der Waals surface area (Å²) in [7, 11) is -3.26. The number of nitrogens with one attached hydrogen (secondary N) is 1. The van der Waals surface area contributed by atoms with Crippen molar-refractivity contribution in [3.05, 3.63) is 0 Å². The van der Waals surface area contributed by atoms with E-state index in [4.69, 9.17) is 5.73 Å². The minimum Gasteiger partial charge on any atom is -0.329 e. The first-order chi connectivity index (χ1) is 8.08. The van der Waals surface area contributed by atoms with Gasteiger partial charge in [0.05, 0.1) is 5.75 Å². The molecule has 3 N–H and O–H groups in total. The molecule has 0 aromatic rings. The predicted octanol–water partition coefficient (Wildman–Crippen LogP) is 1.86. The molecule has 108 valence electrons. The van der Waals surface area contributed by atoms with Crippen LogP contribution < -0.4 is 10.5 Å². The van der Waals surface area contributed by atoms with E-state index in [0.29, 0.717) is 12.5 Å². The third-order valence-corrected chi connectivity index (χ3v) is 5.61. The summed E-state index contributed by atoms with van der Waals surface area (Å²) in [5.41, 5.74) is 5.19. The smallest absolute Gasteiger partial charge is 0.212 e. The van der Waals surface area contributed by atoms with Crippen LogP contribution in [0.4, 0.5) is 0 Å². The second kappa shape index (κ2) is 5.47. The summed E-state index contributed by atoms with van der Waals surface area (Å²) >= 11 is 0. The molecule has 0 saturated heterocycles. The standard InChI is InChI=1S/C13H28N2O2S/c1-11-5-7-13(9-14,8-6-11)15-18(16,17)10-12(2,3)4/h11,15H,5-10,14H2,1-4H3. The maximum atomic E-state index is 12.2. The van der Waals surface area contributed by atoms with Crippen molar-refractivity contribution in [1.29, 1.82) is 0 Å². The maximum Gasteiger partial charge on any atom is 0.212 e. The van der Waals surface area contributed by atoms with Crippen molar-refractivity contribution >= 4 is 10.0 Å². The molecule has 0 bridgehead atoms. The van der Waals surface area contributed by atoms with Gasteiger partial charge >= 0.3 is 0 Å². The van der Waals surface area contributed by atoms with E-state index in [0.717, 1.165) is 25.7 Å². The largest absolute Gasteiger partial charge is 0.329 e. The Morgan fingerprint density at radius 1 is 1.28 bits per heavy atom. The van der Waals surface area contributed by atoms with Gasteiger partial charge in [-0.3, -0.25) is 0 Å². The molecule has 0 amide bonds. The second-order valence-electron chi connectivity index (χ2n) is 7.09. The third-order valence-electron chi connectivity index (χ3n) is 3.62. The highest BCUT2D eigenvalue weighted by Gasteiger charge is 2.37. The monoisotopic (exact) mass is 276 g/mol. The zero-order chi connectivity index (χ0) is 14.0. The molecule has 0 heterocycles. The lowest BCUT2D eigenvalue weighted by atomic mass is 9.78. The Morgan fingerprint density at radius 2 is 1.78 bits per heavy atom. The molecule has 1 rings (SSSR count). The topological polar surface area (TPSA) is 72.2 Å². The quantitative estimate of drug-likeness (QED) is 0.823. The molecule has 1 aliphatic carbocycles. The summed E-state index contributed by atoms with van der Waals surface area (Å²) in [5.74, 6) is 0.828. The lowest BCUT2D eigenvalue weighted by molar-refractivity contribution is 0.230. The van der Waals surface area contributed by atoms with Crippen LogP contribution in [0.1, 0.15) is 53.4 Å². The van der Waals surface area contributed by atoms with Crippen LogP contribution >= 0.6 is 0 Å². The zero-order valence-electron chi connectivity index (χ0n) is 12.1. The van der Waals surface area contributed by atoms with Gasteiger partial charge in [-0.2, -0.15) is 0 Å². The van der Waals surface area contributed by atoms with Crippen LogP contribution in [-0.2, 0) is 10.0 Å². The molecular formula is C13H28N2O2S. The Labute approximate surface area is 112 Å². The van der Waals surface area contributed by atoms with Gasteiger partial charge in [-0.15, -0.1) is 0 Å². The highest BCUT2D eigenvalue weighted by molar-refractivity contribution is 7.89. The van der Waals surface area contributed by atoms with Crippen molar-refractivity contribution in [3.8, 4) is 0 Å². The van der Waals surface area contributed by atoms with Gasteiger partial charge in [-0.1, -0.05) is 27.7 Å². The number of sulfonamides is 1. The molecule has 0 aliphatic heterocycles. The first-order valence-electron chi connectivity index (χ1n) is 6.79. The Balaban J connectivity index is 2.74. The Morgan fingerprint density at radius 3 is 2.17 bits per heavy atom. The van der Waals surface area contributed by atoms with E-state index in [-0.39, 0.29) is 11.2 Å². The van der Waals surface area contributed by atoms with Crippen LogP contribution in [0.3, 0.4) is 0 Å². The normalized spacial score (nSPS) is 30.4. The minimum absolute atomic E-state index is 0.150. The van der Waals surface area contributed by atoms with E-state index in [9.17, 15) is 8.42 Å². The van der Waals surface area contributed by atoms with E-state index >= 15 is 0 Å². The van der Waals surface area contributed by atoms with Crippen molar-refractivity contribution in [2.45, 2.75) is 58.9 Å². The number of hydrogen-bond acceptors (Lipinski definition) is 3. The molecule has 0 unspecified atom stereocenters. The van der Waals surface area contributed by atoms with Crippen LogP contribution in [0.2, 0.25) is 0 Å². The van der Waals surface area contributed by atoms with Gasteiger partial charge in [0, 0.05) is 12.1 Å². The summed E-state index contributed by atoms with van der Waals surface area (Å²) in [6.07, 6.45) is 3.81. The van der Waals surface area contributed by atoms with Crippen molar-refractivity contribution < 1.29 is 8.42 Å². The summed E-state index contributed by atoms with van der Waals surface area (Å²) in [5, 5.41) is 0. The van der Waals surface area contributed by atoms with Crippen molar-refractivity contribution in [3.63, 3.8) is 0 Å². The van der Waals surface area contributed by atoms with E-state index in [1.165, 1.54) is 0 Å². The molecule has 1 fully saturated rings. The van der Waals surface area contributed by atoms with E-state index in [1.807, 2.05) is 20.8 Å². The number of rotatable bonds is 4. The van der Waals surface area contributed by atoms with Crippen LogP contribution in [0, 0.1) is 11.3 Å². The average Bonchev–Trinajstić information content (AvgIpc) is 2.18. The molecular weight excluding hydrogens is 248 g/mol. The van der Waals surface area contributed by atoms with Crippen LogP contribution in [0.5, 0.6) is 0 Å². The first-order valence-corrected chi connectivity index (χ1v) is 8.44. The summed E-state index contributed by atoms with van der Waals surface area (Å²) in [4.78, 5) is 0. The Bertz CT molecular complexity index is 363. The van der Waals surface area contributed by atoms with Gasteiger partial charge in [0.2, 0.25) is 10.0 Å². The van der Waals surface area contributed by atoms with E-state index < -0.39 is 15.6 Å². The highest BCUT2D eigenvalue weighted by atomic mass is 32.2. The molecule has 0 aromatic carbocycles. The van der Waals surface area contributed by atoms with Crippen molar-refractivity contribution in [2.24, 2.45) is 17.1 Å². The fourth-order valence-corrected chi connectivity index (χ4v) is 4.76. The van der Waals surface area contributed by atoms with Crippen molar-refractivity contribution in [2.75, 3.05) is 12.3 Å². The fraction of sp³-hybridized carbons (Fsp3) is 1.00.